The van der Waals surface area contributed by atoms with Gasteiger partial charge in [0.1, 0.15) is 48.4 Å². The zero-order chi connectivity index (χ0) is 50.5. The smallest absolute Gasteiger partial charge is 0.397 e. The molecule has 2 saturated heterocycles. The van der Waals surface area contributed by atoms with E-state index in [0.717, 1.165) is 22.3 Å². The summed E-state index contributed by atoms with van der Waals surface area (Å²) < 4.78 is 106. The number of hydrogen-bond acceptors (Lipinski definition) is 15. The molecule has 2 aliphatic rings. The third-order valence-electron chi connectivity index (χ3n) is 12.4. The minimum Gasteiger partial charge on any atom is -0.497 e. The van der Waals surface area contributed by atoms with E-state index in [-0.39, 0.29) is 44.7 Å². The highest BCUT2D eigenvalue weighted by Crippen LogP contribution is 2.39. The van der Waals surface area contributed by atoms with Crippen LogP contribution in [0.4, 0.5) is 0 Å². The number of benzene rings is 4. The van der Waals surface area contributed by atoms with Gasteiger partial charge in [-0.05, 0) is 52.5 Å². The lowest BCUT2D eigenvalue weighted by Gasteiger charge is -2.50. The molecule has 1 amide bonds. The Balaban J connectivity index is 1.44. The van der Waals surface area contributed by atoms with Gasteiger partial charge in [-0.25, -0.2) is 4.18 Å². The Labute approximate surface area is 412 Å². The van der Waals surface area contributed by atoms with Crippen molar-refractivity contribution < 1.29 is 73.8 Å². The third-order valence-corrected chi connectivity index (χ3v) is 17.4. The van der Waals surface area contributed by atoms with Gasteiger partial charge >= 0.3 is 16.4 Å². The van der Waals surface area contributed by atoms with Crippen LogP contribution in [-0.2, 0) is 92.9 Å². The molecule has 0 radical (unpaired) electrons. The number of rotatable bonds is 23. The Hall–Kier alpha value is -4.61. The van der Waals surface area contributed by atoms with E-state index in [1.165, 1.54) is 13.8 Å². The third kappa shape index (κ3) is 15.9. The number of amides is 1. The standard InChI is InChI=1S/C51H67NO16SSi/c1-34(53)52-43-46(45(68-69(55,56)57)41(32-59-28-39-24-26-40(58-6)27-25-39)65-49(43)62-31-38-22-16-11-17-23-38)67-50-48(64-35(2)54)47(61-30-37-20-14-10-15-21-37)44(60-29-36-18-12-9-13-19-36)42(66-50)33-63-70(7,8)51(3,4)5/h9-27,41-50H,28-33H2,1-8H3,(H,52,53)(H,55,56,57)/t41-,42-,43-,44-,45+,46-,47+,48-,49-,50+/m1/s1. The van der Waals surface area contributed by atoms with Crippen LogP contribution in [0.3, 0.4) is 0 Å². The summed E-state index contributed by atoms with van der Waals surface area (Å²) in [4.78, 5) is 26.4. The lowest BCUT2D eigenvalue weighted by atomic mass is 9.95. The second-order valence-electron chi connectivity index (χ2n) is 18.7. The quantitative estimate of drug-likeness (QED) is 0.0433. The van der Waals surface area contributed by atoms with E-state index in [9.17, 15) is 22.6 Å². The summed E-state index contributed by atoms with van der Waals surface area (Å²) >= 11 is 0. The van der Waals surface area contributed by atoms with Crippen molar-refractivity contribution in [3.63, 3.8) is 0 Å². The predicted molar refractivity (Wildman–Crippen MR) is 259 cm³/mol. The zero-order valence-corrected chi connectivity index (χ0v) is 42.8. The van der Waals surface area contributed by atoms with Crippen LogP contribution in [0, 0.1) is 0 Å². The molecule has 0 aliphatic carbocycles. The van der Waals surface area contributed by atoms with E-state index in [0.29, 0.717) is 5.75 Å². The van der Waals surface area contributed by atoms with Crippen molar-refractivity contribution in [1.29, 1.82) is 0 Å². The van der Waals surface area contributed by atoms with E-state index in [2.05, 4.69) is 39.2 Å². The molecule has 0 spiro atoms. The minimum absolute atomic E-state index is 0.0176. The van der Waals surface area contributed by atoms with E-state index < -0.39 is 91.9 Å². The van der Waals surface area contributed by atoms with Gasteiger partial charge in [-0.3, -0.25) is 14.1 Å². The first-order valence-corrected chi connectivity index (χ1v) is 27.4. The number of carbonyl (C=O) groups is 2. The molecule has 2 heterocycles. The van der Waals surface area contributed by atoms with Crippen molar-refractivity contribution in [2.45, 2.75) is 141 Å². The number of nitrogens with one attached hydrogen (secondary N) is 1. The van der Waals surface area contributed by atoms with Crippen molar-refractivity contribution in [2.75, 3.05) is 20.3 Å². The Kier molecular flexibility index (Phi) is 19.7. The first kappa shape index (κ1) is 54.7. The summed E-state index contributed by atoms with van der Waals surface area (Å²) in [7, 11) is -6.22. The fraction of sp³-hybridized carbons (Fsp3) is 0.490. The minimum atomic E-state index is -5.28. The molecule has 70 heavy (non-hydrogen) atoms. The topological polar surface area (TPSA) is 202 Å². The van der Waals surface area contributed by atoms with Gasteiger partial charge in [0.2, 0.25) is 5.91 Å². The zero-order valence-electron chi connectivity index (χ0n) is 41.0. The molecular weight excluding hydrogens is 943 g/mol. The summed E-state index contributed by atoms with van der Waals surface area (Å²) in [5, 5.41) is 2.60. The summed E-state index contributed by atoms with van der Waals surface area (Å²) in [5.41, 5.74) is 3.16. The van der Waals surface area contributed by atoms with Gasteiger partial charge in [-0.1, -0.05) is 124 Å². The van der Waals surface area contributed by atoms with Crippen molar-refractivity contribution in [3.8, 4) is 5.75 Å². The molecule has 4 aromatic carbocycles. The Morgan fingerprint density at radius 2 is 1.14 bits per heavy atom. The van der Waals surface area contributed by atoms with Gasteiger partial charge in [-0.2, -0.15) is 8.42 Å². The number of hydrogen-bond donors (Lipinski definition) is 2. The maximum atomic E-state index is 13.3. The highest BCUT2D eigenvalue weighted by atomic mass is 32.3. The molecule has 0 unspecified atom stereocenters. The van der Waals surface area contributed by atoms with Crippen molar-refractivity contribution >= 4 is 30.6 Å². The maximum absolute atomic E-state index is 13.3. The van der Waals surface area contributed by atoms with Crippen LogP contribution in [0.25, 0.3) is 0 Å². The average Bonchev–Trinajstić information content (AvgIpc) is 3.31. The second kappa shape index (κ2) is 25.2. The highest BCUT2D eigenvalue weighted by Gasteiger charge is 2.56. The normalized spacial score (nSPS) is 25.2. The molecule has 17 nitrogen and oxygen atoms in total. The molecule has 19 heteroatoms. The van der Waals surface area contributed by atoms with Gasteiger partial charge in [0.25, 0.3) is 0 Å². The van der Waals surface area contributed by atoms with Crippen molar-refractivity contribution in [2.24, 2.45) is 0 Å². The number of methoxy groups -OCH3 is 1. The van der Waals surface area contributed by atoms with Gasteiger partial charge in [0.15, 0.2) is 27.0 Å². The van der Waals surface area contributed by atoms with Crippen LogP contribution in [-0.4, -0.2) is 115 Å². The largest absolute Gasteiger partial charge is 0.497 e. The molecule has 0 bridgehead atoms. The van der Waals surface area contributed by atoms with Crippen LogP contribution in [0.2, 0.25) is 18.1 Å². The van der Waals surface area contributed by atoms with Crippen LogP contribution >= 0.6 is 0 Å². The van der Waals surface area contributed by atoms with E-state index in [4.69, 9.17) is 51.2 Å². The second-order valence-corrected chi connectivity index (χ2v) is 24.6. The molecule has 0 saturated carbocycles. The average molecular weight is 1010 g/mol. The predicted octanol–water partition coefficient (Wildman–Crippen LogP) is 7.08. The van der Waals surface area contributed by atoms with Crippen LogP contribution in [0.15, 0.2) is 115 Å². The van der Waals surface area contributed by atoms with Gasteiger partial charge in [-0.15, -0.1) is 0 Å². The summed E-state index contributed by atoms with van der Waals surface area (Å²) in [5.74, 6) is -0.662. The SMILES string of the molecule is COc1ccc(COC[C@H]2O[C@@H](OCc3ccccc3)[C@H](NC(C)=O)[C@@H](O[C@@H]3O[C@H](CO[Si](C)(C)C(C)(C)C)[C@@H](OCc4ccccc4)[C@H](OCc4ccccc4)[C@H]3OC(C)=O)[C@H]2OS(=O)(=O)O)cc1. The summed E-state index contributed by atoms with van der Waals surface area (Å²) in [6.45, 7) is 12.8. The van der Waals surface area contributed by atoms with Crippen LogP contribution < -0.4 is 10.1 Å². The summed E-state index contributed by atoms with van der Waals surface area (Å²) in [6.07, 6.45) is -12.1. The fourth-order valence-corrected chi connectivity index (χ4v) is 9.31. The molecular formula is C51H67NO16SSi. The summed E-state index contributed by atoms with van der Waals surface area (Å²) in [6, 6.07) is 33.8. The molecule has 2 aliphatic heterocycles. The Morgan fingerprint density at radius 1 is 0.643 bits per heavy atom. The lowest BCUT2D eigenvalue weighted by molar-refractivity contribution is -0.352. The van der Waals surface area contributed by atoms with Crippen LogP contribution in [0.1, 0.15) is 56.9 Å². The highest BCUT2D eigenvalue weighted by molar-refractivity contribution is 7.80. The molecule has 4 aromatic rings. The van der Waals surface area contributed by atoms with E-state index in [1.54, 1.807) is 31.4 Å². The first-order valence-electron chi connectivity index (χ1n) is 23.2. The van der Waals surface area contributed by atoms with E-state index >= 15 is 0 Å². The van der Waals surface area contributed by atoms with Crippen molar-refractivity contribution in [3.05, 3.63) is 138 Å². The molecule has 382 valence electrons. The Morgan fingerprint density at radius 3 is 1.64 bits per heavy atom. The molecule has 6 rings (SSSR count). The van der Waals surface area contributed by atoms with E-state index in [1.807, 2.05) is 91.0 Å². The van der Waals surface area contributed by atoms with Gasteiger partial charge in [0, 0.05) is 13.8 Å². The van der Waals surface area contributed by atoms with Gasteiger partial charge in [0.05, 0.1) is 46.8 Å². The maximum Gasteiger partial charge on any atom is 0.397 e. The number of ether oxygens (including phenoxy) is 9. The monoisotopic (exact) mass is 1010 g/mol. The molecule has 10 atom stereocenters. The first-order chi connectivity index (χ1) is 33.3. The van der Waals surface area contributed by atoms with Gasteiger partial charge < -0.3 is 52.4 Å². The van der Waals surface area contributed by atoms with Crippen LogP contribution in [0.5, 0.6) is 5.75 Å². The van der Waals surface area contributed by atoms with Crippen molar-refractivity contribution in [1.82, 2.24) is 5.32 Å². The number of esters is 1. The molecule has 2 fully saturated rings. The Bertz CT molecular complexity index is 2340. The molecule has 2 N–H and O–H groups in total. The fourth-order valence-electron chi connectivity index (χ4n) is 7.78. The number of carbonyl (C=O) groups excluding carboxylic acids is 2. The molecule has 0 aromatic heterocycles. The lowest BCUT2D eigenvalue weighted by Crippen LogP contribution is -2.69.